The highest BCUT2D eigenvalue weighted by Crippen LogP contribution is 2.43. The minimum atomic E-state index is -1.17. The van der Waals surface area contributed by atoms with Gasteiger partial charge in [0.2, 0.25) is 0 Å². The molecule has 1 atom stereocenters. The highest BCUT2D eigenvalue weighted by Gasteiger charge is 2.39. The molecule has 1 aliphatic heterocycles. The lowest BCUT2D eigenvalue weighted by atomic mass is 9.99. The molecule has 0 fully saturated rings. The molecule has 1 aliphatic rings. The van der Waals surface area contributed by atoms with Crippen molar-refractivity contribution in [3.63, 3.8) is 0 Å². The zero-order chi connectivity index (χ0) is 35.3. The molecule has 1 aromatic heterocycles. The Kier molecular flexibility index (Phi) is 7.26. The Morgan fingerprint density at radius 3 is 1.63 bits per heavy atom. The van der Waals surface area contributed by atoms with Crippen LogP contribution in [0.15, 0.2) is 158 Å². The smallest absolute Gasteiger partial charge is 0.263 e. The van der Waals surface area contributed by atoms with Crippen molar-refractivity contribution in [3.05, 3.63) is 180 Å². The van der Waals surface area contributed by atoms with Gasteiger partial charge >= 0.3 is 0 Å². The molecular formula is C46H28N4O2. The first-order chi connectivity index (χ1) is 25.5. The summed E-state index contributed by atoms with van der Waals surface area (Å²) < 4.78 is 2.10. The number of carbonyl (C=O) groups is 1. The highest BCUT2D eigenvalue weighted by molar-refractivity contribution is 6.16. The molecule has 8 aromatic rings. The molecule has 0 spiro atoms. The summed E-state index contributed by atoms with van der Waals surface area (Å²) in [6.07, 6.45) is -1.17. The van der Waals surface area contributed by atoms with Crippen LogP contribution in [-0.4, -0.2) is 15.6 Å². The summed E-state index contributed by atoms with van der Waals surface area (Å²) in [5.41, 5.74) is 10.9. The molecular weight excluding hydrogens is 641 g/mol. The van der Waals surface area contributed by atoms with Crippen LogP contribution in [-0.2, 0) is 0 Å². The van der Waals surface area contributed by atoms with Crippen LogP contribution < -0.4 is 4.90 Å². The van der Waals surface area contributed by atoms with Crippen LogP contribution in [0.1, 0.15) is 33.3 Å². The van der Waals surface area contributed by atoms with Gasteiger partial charge in [-0.2, -0.15) is 10.5 Å². The minimum Gasteiger partial charge on any atom is -0.369 e. The number of hydrogen-bond acceptors (Lipinski definition) is 4. The molecule has 244 valence electrons. The zero-order valence-electron chi connectivity index (χ0n) is 27.7. The van der Waals surface area contributed by atoms with Gasteiger partial charge in [-0.05, 0) is 100 Å². The summed E-state index contributed by atoms with van der Waals surface area (Å²) in [4.78, 5) is 16.0. The second-order valence-corrected chi connectivity index (χ2v) is 12.9. The van der Waals surface area contributed by atoms with E-state index in [9.17, 15) is 20.4 Å². The quantitative estimate of drug-likeness (QED) is 0.198. The summed E-state index contributed by atoms with van der Waals surface area (Å²) in [5, 5.41) is 32.8. The van der Waals surface area contributed by atoms with E-state index < -0.39 is 6.23 Å². The van der Waals surface area contributed by atoms with E-state index in [-0.39, 0.29) is 5.91 Å². The van der Waals surface area contributed by atoms with Crippen LogP contribution in [0.5, 0.6) is 0 Å². The molecule has 6 heteroatoms. The molecule has 2 heterocycles. The zero-order valence-corrected chi connectivity index (χ0v) is 27.7. The second kappa shape index (κ2) is 12.3. The van der Waals surface area contributed by atoms with E-state index in [0.29, 0.717) is 33.6 Å². The van der Waals surface area contributed by atoms with Gasteiger partial charge in [0, 0.05) is 22.0 Å². The van der Waals surface area contributed by atoms with Gasteiger partial charge in [0.25, 0.3) is 5.91 Å². The Morgan fingerprint density at radius 2 is 1.04 bits per heavy atom. The molecule has 6 nitrogen and oxygen atoms in total. The monoisotopic (exact) mass is 668 g/mol. The number of aliphatic hydroxyl groups excluding tert-OH is 1. The Labute approximate surface area is 299 Å². The van der Waals surface area contributed by atoms with Gasteiger partial charge in [-0.3, -0.25) is 9.69 Å². The van der Waals surface area contributed by atoms with E-state index in [4.69, 9.17) is 0 Å². The van der Waals surface area contributed by atoms with Crippen LogP contribution in [0.3, 0.4) is 0 Å². The number of benzene rings is 7. The van der Waals surface area contributed by atoms with Crippen molar-refractivity contribution in [1.29, 1.82) is 10.5 Å². The molecule has 0 saturated heterocycles. The van der Waals surface area contributed by atoms with Gasteiger partial charge < -0.3 is 9.67 Å². The van der Waals surface area contributed by atoms with Crippen molar-refractivity contribution in [2.24, 2.45) is 0 Å². The fourth-order valence-electron chi connectivity index (χ4n) is 7.47. The first-order valence-electron chi connectivity index (χ1n) is 16.9. The topological polar surface area (TPSA) is 93.0 Å². The molecule has 0 aliphatic carbocycles. The van der Waals surface area contributed by atoms with Gasteiger partial charge in [0.05, 0.1) is 45.5 Å². The number of hydrogen-bond donors (Lipinski definition) is 1. The maximum absolute atomic E-state index is 14.5. The molecule has 0 bridgehead atoms. The number of nitrogens with zero attached hydrogens (tertiary/aromatic N) is 4. The molecule has 0 saturated carbocycles. The molecule has 1 unspecified atom stereocenters. The lowest BCUT2D eigenvalue weighted by Crippen LogP contribution is -2.27. The van der Waals surface area contributed by atoms with Gasteiger partial charge in [-0.15, -0.1) is 0 Å². The SMILES string of the molecule is N#Cc1cccc(-c2ccc3c(c2)c2cc(-c4cccc(C#N)c4)ccc2n3-c2cccc3c2C(=O)N(c2cccc(-c4ccccc4)c2)C3O)c1. The maximum atomic E-state index is 14.5. The number of fused-ring (bicyclic) bond motifs is 4. The lowest BCUT2D eigenvalue weighted by molar-refractivity contribution is 0.0935. The van der Waals surface area contributed by atoms with Crippen LogP contribution in [0.25, 0.3) is 60.9 Å². The van der Waals surface area contributed by atoms with E-state index in [1.165, 1.54) is 4.90 Å². The van der Waals surface area contributed by atoms with E-state index >= 15 is 0 Å². The highest BCUT2D eigenvalue weighted by atomic mass is 16.3. The van der Waals surface area contributed by atoms with Gasteiger partial charge in [0.15, 0.2) is 6.23 Å². The maximum Gasteiger partial charge on any atom is 0.263 e. The molecule has 1 N–H and O–H groups in total. The third-order valence-corrected chi connectivity index (χ3v) is 9.92. The third kappa shape index (κ3) is 4.95. The summed E-state index contributed by atoms with van der Waals surface area (Å²) in [6, 6.07) is 55.3. The lowest BCUT2D eigenvalue weighted by Gasteiger charge is -2.21. The predicted octanol–water partition coefficient (Wildman–Crippen LogP) is 10.2. The van der Waals surface area contributed by atoms with Crippen LogP contribution in [0, 0.1) is 22.7 Å². The average molecular weight is 669 g/mol. The molecule has 9 rings (SSSR count). The number of anilines is 1. The normalized spacial score (nSPS) is 13.6. The minimum absolute atomic E-state index is 0.284. The summed E-state index contributed by atoms with van der Waals surface area (Å²) in [6.45, 7) is 0. The number of amides is 1. The average Bonchev–Trinajstić information content (AvgIpc) is 3.67. The first kappa shape index (κ1) is 30.8. The van der Waals surface area contributed by atoms with Crippen LogP contribution in [0.2, 0.25) is 0 Å². The van der Waals surface area contributed by atoms with Crippen molar-refractivity contribution < 1.29 is 9.90 Å². The standard InChI is InChI=1S/C46H28N4O2/c47-27-29-8-4-12-32(22-29)35-18-20-41-39(25-35)40-26-36(33-13-5-9-30(23-33)28-48)19-21-42(40)50(41)43-17-7-16-38-44(43)46(52)49(45(38)51)37-15-6-14-34(24-37)31-10-2-1-3-11-31/h1-26,45,51H. The summed E-state index contributed by atoms with van der Waals surface area (Å²) in [5.74, 6) is -0.284. The van der Waals surface area contributed by atoms with E-state index in [1.807, 2.05) is 121 Å². The largest absolute Gasteiger partial charge is 0.369 e. The fraction of sp³-hybridized carbons (Fsp3) is 0.0217. The number of nitriles is 2. The Morgan fingerprint density at radius 1 is 0.519 bits per heavy atom. The predicted molar refractivity (Wildman–Crippen MR) is 205 cm³/mol. The van der Waals surface area contributed by atoms with Crippen LogP contribution >= 0.6 is 0 Å². The molecule has 1 amide bonds. The first-order valence-corrected chi connectivity index (χ1v) is 16.9. The van der Waals surface area contributed by atoms with E-state index in [2.05, 4.69) is 41.0 Å². The third-order valence-electron chi connectivity index (χ3n) is 9.92. The number of carbonyl (C=O) groups excluding carboxylic acids is 1. The number of aromatic nitrogens is 1. The molecule has 0 radical (unpaired) electrons. The Bertz CT molecular complexity index is 2710. The Hall–Kier alpha value is -7.25. The molecule has 7 aromatic carbocycles. The number of rotatable bonds is 5. The van der Waals surface area contributed by atoms with E-state index in [0.717, 1.165) is 55.2 Å². The molecule has 52 heavy (non-hydrogen) atoms. The van der Waals surface area contributed by atoms with Gasteiger partial charge in [0.1, 0.15) is 0 Å². The van der Waals surface area contributed by atoms with Crippen LogP contribution in [0.4, 0.5) is 5.69 Å². The van der Waals surface area contributed by atoms with Crippen molar-refractivity contribution >= 4 is 33.4 Å². The van der Waals surface area contributed by atoms with Crippen molar-refractivity contribution in [3.8, 4) is 51.2 Å². The fourth-order valence-corrected chi connectivity index (χ4v) is 7.47. The van der Waals surface area contributed by atoms with Crippen molar-refractivity contribution in [2.45, 2.75) is 6.23 Å². The van der Waals surface area contributed by atoms with Crippen molar-refractivity contribution in [2.75, 3.05) is 4.90 Å². The van der Waals surface area contributed by atoms with E-state index in [1.54, 1.807) is 12.1 Å². The summed E-state index contributed by atoms with van der Waals surface area (Å²) >= 11 is 0. The summed E-state index contributed by atoms with van der Waals surface area (Å²) in [7, 11) is 0. The second-order valence-electron chi connectivity index (χ2n) is 12.9. The van der Waals surface area contributed by atoms with Crippen molar-refractivity contribution in [1.82, 2.24) is 4.57 Å². The van der Waals surface area contributed by atoms with Gasteiger partial charge in [-0.1, -0.05) is 91.0 Å². The Balaban J connectivity index is 1.24. The number of aliphatic hydroxyl groups is 1. The van der Waals surface area contributed by atoms with Gasteiger partial charge in [-0.25, -0.2) is 0 Å².